The lowest BCUT2D eigenvalue weighted by molar-refractivity contribution is 0.0893. The van der Waals surface area contributed by atoms with Gasteiger partial charge in [0.1, 0.15) is 0 Å². The van der Waals surface area contributed by atoms with E-state index in [1.165, 1.54) is 10.3 Å². The van der Waals surface area contributed by atoms with Gasteiger partial charge in [0.05, 0.1) is 5.69 Å². The maximum atomic E-state index is 13.2. The van der Waals surface area contributed by atoms with Crippen LogP contribution in [0.4, 0.5) is 5.69 Å². The van der Waals surface area contributed by atoms with Gasteiger partial charge in [0.15, 0.2) is 0 Å². The van der Waals surface area contributed by atoms with E-state index in [1.54, 1.807) is 24.3 Å². The average Bonchev–Trinajstić information content (AvgIpc) is 2.86. The van der Waals surface area contributed by atoms with Gasteiger partial charge < -0.3 is 0 Å². The third-order valence-corrected chi connectivity index (χ3v) is 6.00. The van der Waals surface area contributed by atoms with Crippen molar-refractivity contribution in [3.05, 3.63) is 125 Å². The molecule has 0 saturated heterocycles. The fourth-order valence-electron chi connectivity index (χ4n) is 4.37. The summed E-state index contributed by atoms with van der Waals surface area (Å²) in [4.78, 5) is 27.6. The summed E-state index contributed by atoms with van der Waals surface area (Å²) < 4.78 is 0. The van der Waals surface area contributed by atoms with E-state index in [-0.39, 0.29) is 11.8 Å². The predicted octanol–water partition coefficient (Wildman–Crippen LogP) is 6.19. The van der Waals surface area contributed by atoms with Crippen LogP contribution in [0.25, 0.3) is 21.5 Å². The molecular formula is C30H17NO2. The zero-order chi connectivity index (χ0) is 22.4. The Labute approximate surface area is 190 Å². The van der Waals surface area contributed by atoms with Gasteiger partial charge in [-0.3, -0.25) is 9.59 Å². The molecule has 6 rings (SSSR count). The molecule has 0 fully saturated rings. The normalized spacial score (nSPS) is 12.7. The fraction of sp³-hybridized carbons (Fsp3) is 0. The van der Waals surface area contributed by atoms with Crippen molar-refractivity contribution >= 4 is 39.0 Å². The molecule has 2 amide bonds. The SMILES string of the molecule is O=C1c2cccc3cccc(c23)C(=O)N1c1ccc(C#Cc2ccc3ccccc3c2)cc1. The number of nitrogens with zero attached hydrogens (tertiary/aromatic N) is 1. The maximum Gasteiger partial charge on any atom is 0.265 e. The van der Waals surface area contributed by atoms with E-state index in [2.05, 4.69) is 36.1 Å². The average molecular weight is 423 g/mol. The molecule has 5 aromatic carbocycles. The van der Waals surface area contributed by atoms with E-state index in [0.29, 0.717) is 16.8 Å². The second kappa shape index (κ2) is 7.47. The Morgan fingerprint density at radius 3 is 1.79 bits per heavy atom. The van der Waals surface area contributed by atoms with Crippen molar-refractivity contribution < 1.29 is 9.59 Å². The number of carbonyl (C=O) groups excluding carboxylic acids is 2. The summed E-state index contributed by atoms with van der Waals surface area (Å²) in [6, 6.07) is 32.6. The molecule has 0 atom stereocenters. The molecule has 154 valence electrons. The van der Waals surface area contributed by atoms with Gasteiger partial charge in [-0.25, -0.2) is 4.90 Å². The molecule has 1 heterocycles. The topological polar surface area (TPSA) is 37.4 Å². The molecule has 0 aromatic heterocycles. The van der Waals surface area contributed by atoms with Crippen molar-refractivity contribution in [2.75, 3.05) is 4.90 Å². The summed E-state index contributed by atoms with van der Waals surface area (Å²) in [6.07, 6.45) is 0. The van der Waals surface area contributed by atoms with Gasteiger partial charge >= 0.3 is 0 Å². The van der Waals surface area contributed by atoms with Crippen molar-refractivity contribution in [2.45, 2.75) is 0 Å². The molecule has 1 aliphatic rings. The van der Waals surface area contributed by atoms with Gasteiger partial charge in [0, 0.05) is 27.6 Å². The van der Waals surface area contributed by atoms with Gasteiger partial charge in [-0.1, -0.05) is 66.4 Å². The molecule has 5 aromatic rings. The first-order valence-corrected chi connectivity index (χ1v) is 10.7. The third-order valence-electron chi connectivity index (χ3n) is 6.00. The van der Waals surface area contributed by atoms with Crippen molar-refractivity contribution in [1.82, 2.24) is 0 Å². The fourth-order valence-corrected chi connectivity index (χ4v) is 4.37. The molecule has 0 N–H and O–H groups in total. The van der Waals surface area contributed by atoms with Gasteiger partial charge in [-0.15, -0.1) is 0 Å². The van der Waals surface area contributed by atoms with E-state index in [0.717, 1.165) is 27.3 Å². The quantitative estimate of drug-likeness (QED) is 0.238. The molecule has 0 aliphatic carbocycles. The maximum absolute atomic E-state index is 13.2. The third kappa shape index (κ3) is 3.17. The van der Waals surface area contributed by atoms with E-state index in [1.807, 2.05) is 54.6 Å². The van der Waals surface area contributed by atoms with Crippen LogP contribution in [-0.4, -0.2) is 11.8 Å². The minimum atomic E-state index is -0.306. The lowest BCUT2D eigenvalue weighted by Gasteiger charge is -2.27. The minimum Gasteiger partial charge on any atom is -0.268 e. The Morgan fingerprint density at radius 1 is 0.515 bits per heavy atom. The Kier molecular flexibility index (Phi) is 4.31. The van der Waals surface area contributed by atoms with Gasteiger partial charge in [-0.05, 0) is 64.7 Å². The highest BCUT2D eigenvalue weighted by Crippen LogP contribution is 2.32. The minimum absolute atomic E-state index is 0.306. The first-order valence-electron chi connectivity index (χ1n) is 10.7. The van der Waals surface area contributed by atoms with Crippen LogP contribution in [0.1, 0.15) is 31.8 Å². The molecule has 0 spiro atoms. The molecule has 3 nitrogen and oxygen atoms in total. The number of benzene rings is 5. The number of fused-ring (bicyclic) bond motifs is 1. The lowest BCUT2D eigenvalue weighted by atomic mass is 9.94. The summed E-state index contributed by atoms with van der Waals surface area (Å²) in [5.41, 5.74) is 3.37. The highest BCUT2D eigenvalue weighted by Gasteiger charge is 2.33. The smallest absolute Gasteiger partial charge is 0.265 e. The van der Waals surface area contributed by atoms with Crippen molar-refractivity contribution in [1.29, 1.82) is 0 Å². The van der Waals surface area contributed by atoms with Crippen LogP contribution in [0, 0.1) is 11.8 Å². The van der Waals surface area contributed by atoms with Crippen molar-refractivity contribution in [3.8, 4) is 11.8 Å². The summed E-state index contributed by atoms with van der Waals surface area (Å²) in [7, 11) is 0. The van der Waals surface area contributed by atoms with Crippen LogP contribution in [0.2, 0.25) is 0 Å². The number of rotatable bonds is 1. The molecule has 33 heavy (non-hydrogen) atoms. The van der Waals surface area contributed by atoms with E-state index in [4.69, 9.17) is 0 Å². The first-order chi connectivity index (χ1) is 16.2. The monoisotopic (exact) mass is 423 g/mol. The lowest BCUT2D eigenvalue weighted by Crippen LogP contribution is -2.40. The van der Waals surface area contributed by atoms with E-state index >= 15 is 0 Å². The van der Waals surface area contributed by atoms with Gasteiger partial charge in [0.25, 0.3) is 11.8 Å². The second-order valence-electron chi connectivity index (χ2n) is 8.01. The van der Waals surface area contributed by atoms with Crippen molar-refractivity contribution in [3.63, 3.8) is 0 Å². The van der Waals surface area contributed by atoms with Gasteiger partial charge in [-0.2, -0.15) is 0 Å². The molecule has 3 heteroatoms. The predicted molar refractivity (Wildman–Crippen MR) is 131 cm³/mol. The number of hydrogen-bond acceptors (Lipinski definition) is 2. The van der Waals surface area contributed by atoms with E-state index < -0.39 is 0 Å². The van der Waals surface area contributed by atoms with Crippen LogP contribution >= 0.6 is 0 Å². The number of anilines is 1. The zero-order valence-corrected chi connectivity index (χ0v) is 17.6. The Hall–Kier alpha value is -4.68. The standard InChI is InChI=1S/C30H17NO2/c32-29-26-9-3-7-23-8-4-10-27(28(23)26)30(33)31(29)25-17-14-20(15-18-25)11-12-21-13-16-22-5-1-2-6-24(22)19-21/h1-10,13-19H. The molecule has 0 saturated carbocycles. The van der Waals surface area contributed by atoms with Crippen LogP contribution in [0.15, 0.2) is 103 Å². The first kappa shape index (κ1) is 19.0. The Balaban J connectivity index is 1.32. The summed E-state index contributed by atoms with van der Waals surface area (Å²) in [5, 5.41) is 3.95. The molecular weight excluding hydrogens is 406 g/mol. The van der Waals surface area contributed by atoms with E-state index in [9.17, 15) is 9.59 Å². The Bertz CT molecular complexity index is 1600. The number of carbonyl (C=O) groups is 2. The summed E-state index contributed by atoms with van der Waals surface area (Å²) >= 11 is 0. The van der Waals surface area contributed by atoms with Crippen LogP contribution in [0.5, 0.6) is 0 Å². The summed E-state index contributed by atoms with van der Waals surface area (Å²) in [5.74, 6) is 5.76. The largest absolute Gasteiger partial charge is 0.268 e. The molecule has 1 aliphatic heterocycles. The zero-order valence-electron chi connectivity index (χ0n) is 17.6. The molecule has 0 radical (unpaired) electrons. The second-order valence-corrected chi connectivity index (χ2v) is 8.01. The van der Waals surface area contributed by atoms with Crippen molar-refractivity contribution in [2.24, 2.45) is 0 Å². The molecule has 0 bridgehead atoms. The highest BCUT2D eigenvalue weighted by molar-refractivity contribution is 6.35. The van der Waals surface area contributed by atoms with Crippen LogP contribution in [0.3, 0.4) is 0 Å². The Morgan fingerprint density at radius 2 is 1.09 bits per heavy atom. The van der Waals surface area contributed by atoms with Crippen LogP contribution < -0.4 is 4.90 Å². The number of imide groups is 1. The highest BCUT2D eigenvalue weighted by atomic mass is 16.2. The number of amides is 2. The van der Waals surface area contributed by atoms with Crippen LogP contribution in [-0.2, 0) is 0 Å². The molecule has 0 unspecified atom stereocenters. The summed E-state index contributed by atoms with van der Waals surface area (Å²) in [6.45, 7) is 0. The van der Waals surface area contributed by atoms with Gasteiger partial charge in [0.2, 0.25) is 0 Å². The number of hydrogen-bond donors (Lipinski definition) is 0.